The first kappa shape index (κ1) is 14.0. The van der Waals surface area contributed by atoms with Crippen molar-refractivity contribution in [1.82, 2.24) is 14.8 Å². The molecular weight excluding hydrogens is 276 g/mol. The summed E-state index contributed by atoms with van der Waals surface area (Å²) >= 11 is 0. The SMILES string of the molecule is Cc1cc(C)cc(C(=O)Nc2cccnc2-n2cccn2)c1. The molecule has 3 rings (SSSR count). The Hall–Kier alpha value is -2.95. The maximum Gasteiger partial charge on any atom is 0.255 e. The summed E-state index contributed by atoms with van der Waals surface area (Å²) < 4.78 is 1.62. The number of carbonyl (C=O) groups excluding carboxylic acids is 1. The normalized spacial score (nSPS) is 10.5. The van der Waals surface area contributed by atoms with Gasteiger partial charge in [0.05, 0.1) is 5.69 Å². The number of hydrogen-bond acceptors (Lipinski definition) is 3. The molecule has 1 aromatic carbocycles. The minimum absolute atomic E-state index is 0.159. The number of benzene rings is 1. The smallest absolute Gasteiger partial charge is 0.255 e. The third-order valence-corrected chi connectivity index (χ3v) is 3.24. The number of rotatable bonds is 3. The molecule has 0 aliphatic rings. The second kappa shape index (κ2) is 5.81. The van der Waals surface area contributed by atoms with Crippen LogP contribution in [0.3, 0.4) is 0 Å². The van der Waals surface area contributed by atoms with Gasteiger partial charge in [-0.05, 0) is 44.2 Å². The molecule has 3 aromatic rings. The highest BCUT2D eigenvalue weighted by molar-refractivity contribution is 6.05. The van der Waals surface area contributed by atoms with E-state index in [0.717, 1.165) is 11.1 Å². The van der Waals surface area contributed by atoms with Gasteiger partial charge in [0, 0.05) is 24.2 Å². The van der Waals surface area contributed by atoms with Crippen LogP contribution in [0.25, 0.3) is 5.82 Å². The molecule has 0 saturated heterocycles. The summed E-state index contributed by atoms with van der Waals surface area (Å²) in [6.07, 6.45) is 5.13. The molecule has 0 radical (unpaired) electrons. The van der Waals surface area contributed by atoms with Crippen LogP contribution in [0, 0.1) is 13.8 Å². The first-order chi connectivity index (χ1) is 10.6. The van der Waals surface area contributed by atoms with Crippen molar-refractivity contribution in [3.8, 4) is 5.82 Å². The molecule has 5 nitrogen and oxygen atoms in total. The first-order valence-electron chi connectivity index (χ1n) is 6.98. The molecule has 0 saturated carbocycles. The number of carbonyl (C=O) groups is 1. The number of anilines is 1. The summed E-state index contributed by atoms with van der Waals surface area (Å²) in [6, 6.07) is 11.2. The number of amides is 1. The molecule has 0 bridgehead atoms. The fourth-order valence-corrected chi connectivity index (χ4v) is 2.37. The van der Waals surface area contributed by atoms with Gasteiger partial charge in [-0.2, -0.15) is 5.10 Å². The minimum Gasteiger partial charge on any atom is -0.319 e. The summed E-state index contributed by atoms with van der Waals surface area (Å²) in [6.45, 7) is 3.95. The van der Waals surface area contributed by atoms with E-state index >= 15 is 0 Å². The largest absolute Gasteiger partial charge is 0.319 e. The van der Waals surface area contributed by atoms with Crippen LogP contribution in [-0.2, 0) is 0 Å². The van der Waals surface area contributed by atoms with Gasteiger partial charge in [0.15, 0.2) is 5.82 Å². The molecule has 0 atom stereocenters. The van der Waals surface area contributed by atoms with Crippen molar-refractivity contribution in [2.75, 3.05) is 5.32 Å². The Labute approximate surface area is 128 Å². The number of nitrogens with one attached hydrogen (secondary N) is 1. The molecule has 0 aliphatic carbocycles. The van der Waals surface area contributed by atoms with Crippen molar-refractivity contribution in [3.63, 3.8) is 0 Å². The van der Waals surface area contributed by atoms with Crippen LogP contribution in [0.4, 0.5) is 5.69 Å². The Morgan fingerprint density at radius 2 is 1.86 bits per heavy atom. The van der Waals surface area contributed by atoms with Crippen LogP contribution in [0.5, 0.6) is 0 Å². The lowest BCUT2D eigenvalue weighted by Gasteiger charge is -2.10. The Bertz CT molecular complexity index is 789. The number of hydrogen-bond donors (Lipinski definition) is 1. The molecule has 0 spiro atoms. The molecule has 2 aromatic heterocycles. The lowest BCUT2D eigenvalue weighted by molar-refractivity contribution is 0.102. The minimum atomic E-state index is -0.159. The Balaban J connectivity index is 1.92. The van der Waals surface area contributed by atoms with Gasteiger partial charge < -0.3 is 5.32 Å². The van der Waals surface area contributed by atoms with E-state index in [1.54, 1.807) is 29.3 Å². The van der Waals surface area contributed by atoms with E-state index < -0.39 is 0 Å². The summed E-state index contributed by atoms with van der Waals surface area (Å²) in [5.74, 6) is 0.429. The zero-order valence-electron chi connectivity index (χ0n) is 12.4. The average Bonchev–Trinajstić information content (AvgIpc) is 3.01. The van der Waals surface area contributed by atoms with E-state index in [0.29, 0.717) is 17.1 Å². The van der Waals surface area contributed by atoms with Crippen LogP contribution < -0.4 is 5.32 Å². The summed E-state index contributed by atoms with van der Waals surface area (Å²) in [7, 11) is 0. The van der Waals surface area contributed by atoms with Crippen molar-refractivity contribution in [2.45, 2.75) is 13.8 Å². The highest BCUT2D eigenvalue weighted by Crippen LogP contribution is 2.18. The molecule has 110 valence electrons. The van der Waals surface area contributed by atoms with Crippen molar-refractivity contribution in [2.24, 2.45) is 0 Å². The third-order valence-electron chi connectivity index (χ3n) is 3.24. The zero-order chi connectivity index (χ0) is 15.5. The van der Waals surface area contributed by atoms with E-state index in [1.165, 1.54) is 0 Å². The number of aromatic nitrogens is 3. The lowest BCUT2D eigenvalue weighted by Crippen LogP contribution is -2.15. The standard InChI is InChI=1S/C17H16N4O/c1-12-9-13(2)11-14(10-12)17(22)20-15-5-3-6-18-16(15)21-8-4-7-19-21/h3-11H,1-2H3,(H,20,22). The second-order valence-corrected chi connectivity index (χ2v) is 5.16. The molecule has 1 amide bonds. The van der Waals surface area contributed by atoms with Crippen molar-refractivity contribution in [3.05, 3.63) is 71.7 Å². The first-order valence-corrected chi connectivity index (χ1v) is 6.98. The second-order valence-electron chi connectivity index (χ2n) is 5.16. The maximum absolute atomic E-state index is 12.5. The molecule has 0 aliphatic heterocycles. The Morgan fingerprint density at radius 3 is 2.55 bits per heavy atom. The lowest BCUT2D eigenvalue weighted by atomic mass is 10.1. The number of pyridine rings is 1. The number of aryl methyl sites for hydroxylation is 2. The fraction of sp³-hybridized carbons (Fsp3) is 0.118. The van der Waals surface area contributed by atoms with Gasteiger partial charge in [0.25, 0.3) is 5.91 Å². The molecule has 0 unspecified atom stereocenters. The van der Waals surface area contributed by atoms with E-state index in [9.17, 15) is 4.79 Å². The van der Waals surface area contributed by atoms with Crippen molar-refractivity contribution in [1.29, 1.82) is 0 Å². The van der Waals surface area contributed by atoms with Gasteiger partial charge >= 0.3 is 0 Å². The van der Waals surface area contributed by atoms with Gasteiger partial charge in [0.1, 0.15) is 0 Å². The average molecular weight is 292 g/mol. The van der Waals surface area contributed by atoms with Gasteiger partial charge in [0.2, 0.25) is 0 Å². The summed E-state index contributed by atoms with van der Waals surface area (Å²) in [5.41, 5.74) is 3.37. The van der Waals surface area contributed by atoms with Crippen molar-refractivity contribution >= 4 is 11.6 Å². The number of nitrogens with zero attached hydrogens (tertiary/aromatic N) is 3. The van der Waals surface area contributed by atoms with Gasteiger partial charge in [-0.15, -0.1) is 0 Å². The van der Waals surface area contributed by atoms with E-state index in [1.807, 2.05) is 44.2 Å². The highest BCUT2D eigenvalue weighted by Gasteiger charge is 2.12. The molecule has 2 heterocycles. The zero-order valence-corrected chi connectivity index (χ0v) is 12.4. The topological polar surface area (TPSA) is 59.8 Å². The predicted molar refractivity (Wildman–Crippen MR) is 85.2 cm³/mol. The van der Waals surface area contributed by atoms with Gasteiger partial charge in [-0.1, -0.05) is 17.2 Å². The van der Waals surface area contributed by atoms with Crippen LogP contribution in [0.2, 0.25) is 0 Å². The van der Waals surface area contributed by atoms with E-state index in [2.05, 4.69) is 15.4 Å². The van der Waals surface area contributed by atoms with E-state index in [4.69, 9.17) is 0 Å². The summed E-state index contributed by atoms with van der Waals surface area (Å²) in [5, 5.41) is 7.07. The van der Waals surface area contributed by atoms with Crippen LogP contribution >= 0.6 is 0 Å². The Morgan fingerprint density at radius 1 is 1.09 bits per heavy atom. The molecule has 22 heavy (non-hydrogen) atoms. The predicted octanol–water partition coefficient (Wildman–Crippen LogP) is 3.14. The Kier molecular flexibility index (Phi) is 3.70. The molecular formula is C17H16N4O. The quantitative estimate of drug-likeness (QED) is 0.806. The molecule has 1 N–H and O–H groups in total. The monoisotopic (exact) mass is 292 g/mol. The van der Waals surface area contributed by atoms with Gasteiger partial charge in [-0.25, -0.2) is 9.67 Å². The van der Waals surface area contributed by atoms with E-state index in [-0.39, 0.29) is 5.91 Å². The summed E-state index contributed by atoms with van der Waals surface area (Å²) in [4.78, 5) is 16.8. The van der Waals surface area contributed by atoms with Crippen LogP contribution in [0.1, 0.15) is 21.5 Å². The molecule has 0 fully saturated rings. The maximum atomic E-state index is 12.5. The highest BCUT2D eigenvalue weighted by atomic mass is 16.1. The third kappa shape index (κ3) is 2.88. The fourth-order valence-electron chi connectivity index (χ4n) is 2.37. The van der Waals surface area contributed by atoms with Gasteiger partial charge in [-0.3, -0.25) is 4.79 Å². The van der Waals surface area contributed by atoms with Crippen molar-refractivity contribution < 1.29 is 4.79 Å². The molecule has 5 heteroatoms. The van der Waals surface area contributed by atoms with Crippen LogP contribution in [-0.4, -0.2) is 20.7 Å². The van der Waals surface area contributed by atoms with Crippen LogP contribution in [0.15, 0.2) is 55.0 Å².